The van der Waals surface area contributed by atoms with Crippen LogP contribution in [0, 0.1) is 0 Å². The first-order valence-corrected chi connectivity index (χ1v) is 5.48. The normalized spacial score (nSPS) is 27.4. The lowest BCUT2D eigenvalue weighted by Gasteiger charge is -2.34. The number of Topliss-reactive ketones (excluding diaryl/α,β-unsaturated/α-hetero) is 1. The number of ether oxygens (including phenoxy) is 1. The highest BCUT2D eigenvalue weighted by molar-refractivity contribution is 5.91. The summed E-state index contributed by atoms with van der Waals surface area (Å²) in [4.78, 5) is 11.4. The number of rotatable bonds is 6. The molecule has 0 bridgehead atoms. The Morgan fingerprint density at radius 2 is 1.54 bits per heavy atom. The largest absolute Gasteiger partial charge is 0.359 e. The van der Waals surface area contributed by atoms with Crippen molar-refractivity contribution in [1.82, 2.24) is 0 Å². The maximum atomic E-state index is 11.4. The molecule has 2 heteroatoms. The minimum atomic E-state index is -0.0539. The van der Waals surface area contributed by atoms with E-state index in [4.69, 9.17) is 4.74 Å². The predicted molar refractivity (Wildman–Crippen MR) is 52.7 cm³/mol. The predicted octanol–water partition coefficient (Wildman–Crippen LogP) is 2.70. The number of carbonyl (C=O) groups is 1. The Kier molecular flexibility index (Phi) is 4.43. The average Bonchev–Trinajstić information content (AvgIpc) is 2.15. The van der Waals surface area contributed by atoms with Gasteiger partial charge in [-0.1, -0.05) is 39.5 Å². The van der Waals surface area contributed by atoms with Crippen molar-refractivity contribution >= 4 is 5.78 Å². The molecule has 1 rings (SSSR count). The van der Waals surface area contributed by atoms with Crippen molar-refractivity contribution in [2.45, 2.75) is 64.6 Å². The van der Waals surface area contributed by atoms with Crippen LogP contribution in [0.3, 0.4) is 0 Å². The molecule has 0 amide bonds. The third-order valence-corrected chi connectivity index (χ3v) is 2.60. The molecule has 1 saturated heterocycles. The Balaban J connectivity index is 2.11. The molecule has 0 unspecified atom stereocenters. The molecule has 0 aromatic rings. The molecule has 0 aromatic heterocycles. The maximum absolute atomic E-state index is 11.4. The SMILES string of the molecule is CCCC[C@@H]1O[C@@H](CCCC)C1=O. The van der Waals surface area contributed by atoms with Crippen LogP contribution in [0.1, 0.15) is 52.4 Å². The molecule has 0 spiro atoms. The van der Waals surface area contributed by atoms with Gasteiger partial charge in [0, 0.05) is 0 Å². The van der Waals surface area contributed by atoms with E-state index < -0.39 is 0 Å². The minimum Gasteiger partial charge on any atom is -0.359 e. The van der Waals surface area contributed by atoms with Gasteiger partial charge in [-0.25, -0.2) is 0 Å². The van der Waals surface area contributed by atoms with Gasteiger partial charge in [-0.15, -0.1) is 0 Å². The molecular weight excluding hydrogens is 164 g/mol. The molecule has 13 heavy (non-hydrogen) atoms. The standard InChI is InChI=1S/C11H20O2/c1-3-5-7-9-11(12)10(13-9)8-6-4-2/h9-10H,3-8H2,1-2H3/t9-,10-/m0/s1. The van der Waals surface area contributed by atoms with Crippen molar-refractivity contribution in [3.8, 4) is 0 Å². The van der Waals surface area contributed by atoms with E-state index in [0.29, 0.717) is 5.78 Å². The summed E-state index contributed by atoms with van der Waals surface area (Å²) in [6.07, 6.45) is 6.26. The number of ketones is 1. The molecule has 76 valence electrons. The van der Waals surface area contributed by atoms with Crippen molar-refractivity contribution in [1.29, 1.82) is 0 Å². The summed E-state index contributed by atoms with van der Waals surface area (Å²) in [5, 5.41) is 0. The third-order valence-electron chi connectivity index (χ3n) is 2.60. The number of unbranched alkanes of at least 4 members (excludes halogenated alkanes) is 2. The Bertz CT molecular complexity index is 149. The molecule has 0 N–H and O–H groups in total. The molecule has 1 aliphatic rings. The molecule has 0 aromatic carbocycles. The lowest BCUT2D eigenvalue weighted by atomic mass is 9.94. The van der Waals surface area contributed by atoms with Crippen LogP contribution in [0.2, 0.25) is 0 Å². The molecule has 2 atom stereocenters. The van der Waals surface area contributed by atoms with Crippen molar-refractivity contribution in [3.05, 3.63) is 0 Å². The van der Waals surface area contributed by atoms with Crippen LogP contribution in [-0.2, 0) is 9.53 Å². The van der Waals surface area contributed by atoms with Gasteiger partial charge >= 0.3 is 0 Å². The Morgan fingerprint density at radius 3 is 1.85 bits per heavy atom. The van der Waals surface area contributed by atoms with Crippen molar-refractivity contribution in [2.75, 3.05) is 0 Å². The van der Waals surface area contributed by atoms with E-state index in [1.807, 2.05) is 0 Å². The average molecular weight is 184 g/mol. The monoisotopic (exact) mass is 184 g/mol. The maximum Gasteiger partial charge on any atom is 0.190 e. The second-order valence-corrected chi connectivity index (χ2v) is 3.80. The first-order chi connectivity index (χ1) is 6.29. The van der Waals surface area contributed by atoms with E-state index in [0.717, 1.165) is 38.5 Å². The molecule has 1 aliphatic heterocycles. The number of hydrogen-bond acceptors (Lipinski definition) is 2. The van der Waals surface area contributed by atoms with E-state index in [-0.39, 0.29) is 12.2 Å². The van der Waals surface area contributed by atoms with E-state index in [1.54, 1.807) is 0 Å². The molecule has 0 radical (unpaired) electrons. The van der Waals surface area contributed by atoms with Crippen LogP contribution in [-0.4, -0.2) is 18.0 Å². The molecule has 0 aliphatic carbocycles. The van der Waals surface area contributed by atoms with Gasteiger partial charge in [0.25, 0.3) is 0 Å². The second kappa shape index (κ2) is 5.38. The second-order valence-electron chi connectivity index (χ2n) is 3.80. The fourth-order valence-electron chi connectivity index (χ4n) is 1.67. The highest BCUT2D eigenvalue weighted by Gasteiger charge is 2.38. The van der Waals surface area contributed by atoms with Crippen molar-refractivity contribution in [2.24, 2.45) is 0 Å². The van der Waals surface area contributed by atoms with E-state index >= 15 is 0 Å². The Hall–Kier alpha value is -0.370. The fourth-order valence-corrected chi connectivity index (χ4v) is 1.67. The van der Waals surface area contributed by atoms with Gasteiger partial charge in [0.15, 0.2) is 5.78 Å². The zero-order chi connectivity index (χ0) is 9.68. The lowest BCUT2D eigenvalue weighted by molar-refractivity contribution is -0.174. The zero-order valence-corrected chi connectivity index (χ0v) is 8.71. The summed E-state index contributed by atoms with van der Waals surface area (Å²) in [6.45, 7) is 4.27. The summed E-state index contributed by atoms with van der Waals surface area (Å²) < 4.78 is 5.51. The van der Waals surface area contributed by atoms with Crippen LogP contribution < -0.4 is 0 Å². The van der Waals surface area contributed by atoms with Crippen LogP contribution in [0.5, 0.6) is 0 Å². The molecular formula is C11H20O2. The molecule has 1 heterocycles. The highest BCUT2D eigenvalue weighted by atomic mass is 16.5. The van der Waals surface area contributed by atoms with Crippen molar-refractivity contribution < 1.29 is 9.53 Å². The molecule has 0 saturated carbocycles. The first kappa shape index (κ1) is 10.7. The Labute approximate surface area is 80.7 Å². The van der Waals surface area contributed by atoms with Gasteiger partial charge < -0.3 is 4.74 Å². The van der Waals surface area contributed by atoms with Gasteiger partial charge in [-0.05, 0) is 12.8 Å². The quantitative estimate of drug-likeness (QED) is 0.634. The van der Waals surface area contributed by atoms with E-state index in [1.165, 1.54) is 0 Å². The number of hydrogen-bond donors (Lipinski definition) is 0. The smallest absolute Gasteiger partial charge is 0.190 e. The van der Waals surface area contributed by atoms with Gasteiger partial charge in [0.2, 0.25) is 0 Å². The summed E-state index contributed by atoms with van der Waals surface area (Å²) >= 11 is 0. The van der Waals surface area contributed by atoms with Crippen molar-refractivity contribution in [3.63, 3.8) is 0 Å². The van der Waals surface area contributed by atoms with Gasteiger partial charge in [-0.2, -0.15) is 0 Å². The van der Waals surface area contributed by atoms with E-state index in [2.05, 4.69) is 13.8 Å². The highest BCUT2D eigenvalue weighted by Crippen LogP contribution is 2.24. The van der Waals surface area contributed by atoms with Crippen LogP contribution in [0.15, 0.2) is 0 Å². The first-order valence-electron chi connectivity index (χ1n) is 5.48. The number of carbonyl (C=O) groups excluding carboxylic acids is 1. The summed E-state index contributed by atoms with van der Waals surface area (Å²) in [5.41, 5.74) is 0. The Morgan fingerprint density at radius 1 is 1.08 bits per heavy atom. The molecule has 2 nitrogen and oxygen atoms in total. The zero-order valence-electron chi connectivity index (χ0n) is 8.71. The topological polar surface area (TPSA) is 26.3 Å². The summed E-state index contributed by atoms with van der Waals surface area (Å²) in [7, 11) is 0. The van der Waals surface area contributed by atoms with Crippen LogP contribution in [0.4, 0.5) is 0 Å². The van der Waals surface area contributed by atoms with E-state index in [9.17, 15) is 4.79 Å². The fraction of sp³-hybridized carbons (Fsp3) is 0.909. The van der Waals surface area contributed by atoms with Gasteiger partial charge in [0.05, 0.1) is 0 Å². The van der Waals surface area contributed by atoms with Gasteiger partial charge in [0.1, 0.15) is 12.2 Å². The van der Waals surface area contributed by atoms with Crippen LogP contribution in [0.25, 0.3) is 0 Å². The molecule has 1 fully saturated rings. The van der Waals surface area contributed by atoms with Gasteiger partial charge in [-0.3, -0.25) is 4.79 Å². The summed E-state index contributed by atoms with van der Waals surface area (Å²) in [6, 6.07) is 0. The lowest BCUT2D eigenvalue weighted by Crippen LogP contribution is -2.49. The third kappa shape index (κ3) is 2.80. The minimum absolute atomic E-state index is 0.0539. The van der Waals surface area contributed by atoms with Crippen LogP contribution >= 0.6 is 0 Å². The summed E-state index contributed by atoms with van der Waals surface area (Å²) in [5.74, 6) is 0.349.